The lowest BCUT2D eigenvalue weighted by Gasteiger charge is -2.05. The molecule has 2 aromatic carbocycles. The Bertz CT molecular complexity index is 1010. The molecule has 0 N–H and O–H groups in total. The fourth-order valence-corrected chi connectivity index (χ4v) is 4.66. The molecular weight excluding hydrogens is 364 g/mol. The van der Waals surface area contributed by atoms with E-state index in [1.165, 1.54) is 11.3 Å². The molecule has 0 saturated heterocycles. The van der Waals surface area contributed by atoms with Crippen molar-refractivity contribution in [3.63, 3.8) is 0 Å². The summed E-state index contributed by atoms with van der Waals surface area (Å²) >= 11 is 3.28. The predicted octanol–water partition coefficient (Wildman–Crippen LogP) is 4.80. The zero-order valence-electron chi connectivity index (χ0n) is 15.6. The minimum Gasteiger partial charge on any atom is -0.495 e. The molecule has 0 aliphatic carbocycles. The number of aryl methyl sites for hydroxylation is 2. The van der Waals surface area contributed by atoms with Crippen molar-refractivity contribution < 1.29 is 9.53 Å². The fraction of sp³-hybridized carbons (Fsp3) is 0.300. The van der Waals surface area contributed by atoms with Gasteiger partial charge in [-0.3, -0.25) is 4.79 Å². The van der Waals surface area contributed by atoms with E-state index >= 15 is 0 Å². The van der Waals surface area contributed by atoms with Gasteiger partial charge in [0.2, 0.25) is 0 Å². The molecule has 0 fully saturated rings. The Hall–Kier alpha value is -2.05. The van der Waals surface area contributed by atoms with E-state index in [0.29, 0.717) is 15.6 Å². The van der Waals surface area contributed by atoms with Gasteiger partial charge in [0.15, 0.2) is 4.80 Å². The molecule has 0 saturated carbocycles. The molecule has 0 bridgehead atoms. The number of thioether (sulfide) groups is 1. The van der Waals surface area contributed by atoms with E-state index in [4.69, 9.17) is 4.74 Å². The van der Waals surface area contributed by atoms with Gasteiger partial charge in [0.1, 0.15) is 11.3 Å². The highest BCUT2D eigenvalue weighted by Crippen LogP contribution is 2.29. The smallest absolute Gasteiger partial charge is 0.279 e. The van der Waals surface area contributed by atoms with Crippen LogP contribution < -0.4 is 9.54 Å². The zero-order chi connectivity index (χ0) is 18.8. The van der Waals surface area contributed by atoms with E-state index < -0.39 is 0 Å². The third kappa shape index (κ3) is 3.71. The first-order valence-electron chi connectivity index (χ1n) is 8.39. The number of benzene rings is 2. The minimum atomic E-state index is -0.232. The first-order valence-corrected chi connectivity index (χ1v) is 10.1. The summed E-state index contributed by atoms with van der Waals surface area (Å²) < 4.78 is 8.48. The first kappa shape index (κ1) is 18.7. The molecule has 0 radical (unpaired) electrons. The van der Waals surface area contributed by atoms with Crippen molar-refractivity contribution in [2.24, 2.45) is 12.0 Å². The van der Waals surface area contributed by atoms with Crippen molar-refractivity contribution in [1.29, 1.82) is 0 Å². The molecule has 0 spiro atoms. The summed E-state index contributed by atoms with van der Waals surface area (Å²) in [6, 6.07) is 11.6. The Morgan fingerprint density at radius 2 is 1.88 bits per heavy atom. The highest BCUT2D eigenvalue weighted by molar-refractivity contribution is 7.99. The molecule has 1 aromatic heterocycles. The Kier molecular flexibility index (Phi) is 5.53. The quantitative estimate of drug-likeness (QED) is 0.605. The molecule has 26 heavy (non-hydrogen) atoms. The van der Waals surface area contributed by atoms with Gasteiger partial charge in [-0.15, -0.1) is 11.8 Å². The second-order valence-electron chi connectivity index (χ2n) is 6.31. The van der Waals surface area contributed by atoms with Gasteiger partial charge >= 0.3 is 0 Å². The van der Waals surface area contributed by atoms with Gasteiger partial charge in [-0.25, -0.2) is 0 Å². The SMILES string of the molecule is COc1ccc(C)c2sc(=NC(=O)c3ccc(SC(C)C)cc3)n(C)c12. The van der Waals surface area contributed by atoms with E-state index in [0.717, 1.165) is 26.4 Å². The van der Waals surface area contributed by atoms with Gasteiger partial charge in [-0.1, -0.05) is 31.3 Å². The van der Waals surface area contributed by atoms with Crippen LogP contribution in [0.25, 0.3) is 10.2 Å². The topological polar surface area (TPSA) is 43.6 Å². The number of methoxy groups -OCH3 is 1. The van der Waals surface area contributed by atoms with Gasteiger partial charge in [0.25, 0.3) is 5.91 Å². The third-order valence-corrected chi connectivity index (χ3v) is 6.28. The third-order valence-electron chi connectivity index (χ3n) is 4.00. The van der Waals surface area contributed by atoms with Crippen molar-refractivity contribution in [1.82, 2.24) is 4.57 Å². The molecule has 1 amide bonds. The van der Waals surface area contributed by atoms with Crippen LogP contribution >= 0.6 is 23.1 Å². The van der Waals surface area contributed by atoms with Crippen LogP contribution in [0.1, 0.15) is 29.8 Å². The first-order chi connectivity index (χ1) is 12.4. The Balaban J connectivity index is 2.00. The fourth-order valence-electron chi connectivity index (χ4n) is 2.72. The lowest BCUT2D eigenvalue weighted by molar-refractivity contribution is 0.0998. The standard InChI is InChI=1S/C20H22N2O2S2/c1-12(2)25-15-9-7-14(8-10-15)19(23)21-20-22(4)17-16(24-5)11-6-13(3)18(17)26-20/h6-12H,1-5H3. The predicted molar refractivity (Wildman–Crippen MR) is 109 cm³/mol. The number of fused-ring (bicyclic) bond motifs is 1. The van der Waals surface area contributed by atoms with Gasteiger partial charge < -0.3 is 9.30 Å². The molecule has 3 aromatic rings. The number of hydrogen-bond acceptors (Lipinski definition) is 4. The van der Waals surface area contributed by atoms with Crippen LogP contribution in [0.2, 0.25) is 0 Å². The largest absolute Gasteiger partial charge is 0.495 e. The van der Waals surface area contributed by atoms with Gasteiger partial charge in [0.05, 0.1) is 11.8 Å². The van der Waals surface area contributed by atoms with Crippen LogP contribution in [0.15, 0.2) is 46.3 Å². The highest BCUT2D eigenvalue weighted by Gasteiger charge is 2.12. The monoisotopic (exact) mass is 386 g/mol. The number of thiazole rings is 1. The van der Waals surface area contributed by atoms with Crippen molar-refractivity contribution in [2.45, 2.75) is 30.9 Å². The highest BCUT2D eigenvalue weighted by atomic mass is 32.2. The molecule has 136 valence electrons. The summed E-state index contributed by atoms with van der Waals surface area (Å²) in [5.41, 5.74) is 2.71. The van der Waals surface area contributed by atoms with Crippen molar-refractivity contribution in [2.75, 3.05) is 7.11 Å². The number of hydrogen-bond donors (Lipinski definition) is 0. The molecular formula is C20H22N2O2S2. The van der Waals surface area contributed by atoms with Gasteiger partial charge in [0, 0.05) is 22.8 Å². The van der Waals surface area contributed by atoms with E-state index in [9.17, 15) is 4.79 Å². The number of carbonyl (C=O) groups excluding carboxylic acids is 1. The average Bonchev–Trinajstić information content (AvgIpc) is 2.93. The number of rotatable bonds is 4. The van der Waals surface area contributed by atoms with Gasteiger partial charge in [-0.05, 0) is 42.8 Å². The zero-order valence-corrected chi connectivity index (χ0v) is 17.2. The van der Waals surface area contributed by atoms with Crippen LogP contribution in [0.5, 0.6) is 5.75 Å². The van der Waals surface area contributed by atoms with E-state index in [2.05, 4.69) is 25.8 Å². The normalized spacial score (nSPS) is 12.2. The molecule has 3 rings (SSSR count). The number of carbonyl (C=O) groups is 1. The lowest BCUT2D eigenvalue weighted by atomic mass is 10.2. The molecule has 6 heteroatoms. The van der Waals surface area contributed by atoms with E-state index in [1.807, 2.05) is 48.0 Å². The molecule has 1 heterocycles. The minimum absolute atomic E-state index is 0.232. The summed E-state index contributed by atoms with van der Waals surface area (Å²) in [4.78, 5) is 18.8. The molecule has 0 aliphatic heterocycles. The maximum absolute atomic E-state index is 12.6. The number of ether oxygens (including phenoxy) is 1. The second-order valence-corrected chi connectivity index (χ2v) is 8.94. The average molecular weight is 387 g/mol. The van der Waals surface area contributed by atoms with Crippen LogP contribution in [0, 0.1) is 6.92 Å². The summed E-state index contributed by atoms with van der Waals surface area (Å²) in [6.07, 6.45) is 0. The Morgan fingerprint density at radius 1 is 1.19 bits per heavy atom. The van der Waals surface area contributed by atoms with Crippen molar-refractivity contribution in [3.8, 4) is 5.75 Å². The number of aromatic nitrogens is 1. The second kappa shape index (κ2) is 7.68. The van der Waals surface area contributed by atoms with Crippen LogP contribution in [-0.2, 0) is 7.05 Å². The maximum Gasteiger partial charge on any atom is 0.279 e. The van der Waals surface area contributed by atoms with Crippen LogP contribution in [0.4, 0.5) is 0 Å². The lowest BCUT2D eigenvalue weighted by Crippen LogP contribution is -2.13. The molecule has 0 unspecified atom stereocenters. The summed E-state index contributed by atoms with van der Waals surface area (Å²) in [7, 11) is 3.57. The summed E-state index contributed by atoms with van der Waals surface area (Å²) in [5.74, 6) is 0.554. The van der Waals surface area contributed by atoms with Gasteiger partial charge in [-0.2, -0.15) is 4.99 Å². The number of nitrogens with zero attached hydrogens (tertiary/aromatic N) is 2. The van der Waals surface area contributed by atoms with Crippen LogP contribution in [-0.4, -0.2) is 22.8 Å². The van der Waals surface area contributed by atoms with Crippen molar-refractivity contribution >= 4 is 39.2 Å². The van der Waals surface area contributed by atoms with Crippen LogP contribution in [0.3, 0.4) is 0 Å². The molecule has 4 nitrogen and oxygen atoms in total. The Morgan fingerprint density at radius 3 is 2.50 bits per heavy atom. The van der Waals surface area contributed by atoms with E-state index in [1.54, 1.807) is 18.9 Å². The maximum atomic E-state index is 12.6. The summed E-state index contributed by atoms with van der Waals surface area (Å²) in [5, 5.41) is 0.511. The summed E-state index contributed by atoms with van der Waals surface area (Å²) in [6.45, 7) is 6.35. The molecule has 0 atom stereocenters. The van der Waals surface area contributed by atoms with Crippen molar-refractivity contribution in [3.05, 3.63) is 52.3 Å². The number of amides is 1. The molecule has 0 aliphatic rings. The van der Waals surface area contributed by atoms with E-state index in [-0.39, 0.29) is 5.91 Å². The Labute approximate surface area is 161 Å².